The molecule has 0 radical (unpaired) electrons. The number of carbonyl (C=O) groups excluding carboxylic acids is 1. The van der Waals surface area contributed by atoms with Crippen LogP contribution in [0.5, 0.6) is 0 Å². The van der Waals surface area contributed by atoms with Gasteiger partial charge >= 0.3 is 0 Å². The molecule has 0 saturated carbocycles. The summed E-state index contributed by atoms with van der Waals surface area (Å²) >= 11 is 5.72. The molecule has 0 fully saturated rings. The van der Waals surface area contributed by atoms with Crippen molar-refractivity contribution in [3.8, 4) is 0 Å². The maximum absolute atomic E-state index is 13.0. The lowest BCUT2D eigenvalue weighted by molar-refractivity contribution is -0.125. The molecule has 0 aromatic heterocycles. The van der Waals surface area contributed by atoms with Gasteiger partial charge in [0.1, 0.15) is 5.82 Å². The molecule has 1 aromatic rings. The number of nitrogens with one attached hydrogen (secondary N) is 1. The van der Waals surface area contributed by atoms with E-state index in [1.807, 2.05) is 6.92 Å². The summed E-state index contributed by atoms with van der Waals surface area (Å²) in [5.41, 5.74) is 5.53. The van der Waals surface area contributed by atoms with Crippen molar-refractivity contribution in [1.29, 1.82) is 0 Å². The van der Waals surface area contributed by atoms with Crippen LogP contribution in [-0.4, -0.2) is 12.5 Å². The highest BCUT2D eigenvalue weighted by Crippen LogP contribution is 2.22. The minimum absolute atomic E-state index is 0.0401. The Morgan fingerprint density at radius 2 is 2.17 bits per heavy atom. The van der Waals surface area contributed by atoms with Gasteiger partial charge in [0.25, 0.3) is 0 Å². The van der Waals surface area contributed by atoms with Crippen LogP contribution in [0.1, 0.15) is 32.4 Å². The zero-order chi connectivity index (χ0) is 13.9. The van der Waals surface area contributed by atoms with Gasteiger partial charge in [0.15, 0.2) is 0 Å². The fraction of sp³-hybridized carbons (Fsp3) is 0.462. The summed E-state index contributed by atoms with van der Waals surface area (Å²) in [5, 5.41) is 3.28. The molecule has 1 atom stereocenters. The Balaban J connectivity index is 2.68. The van der Waals surface area contributed by atoms with Crippen LogP contribution in [0.15, 0.2) is 18.2 Å². The average molecular weight is 273 g/mol. The molecule has 0 spiro atoms. The maximum Gasteiger partial charge on any atom is 0.224 e. The molecule has 1 unspecified atom stereocenters. The zero-order valence-corrected chi connectivity index (χ0v) is 11.5. The highest BCUT2D eigenvalue weighted by molar-refractivity contribution is 6.30. The first-order valence-electron chi connectivity index (χ1n) is 5.72. The van der Waals surface area contributed by atoms with E-state index < -0.39 is 11.2 Å². The Kier molecular flexibility index (Phi) is 4.71. The number of benzene rings is 1. The van der Waals surface area contributed by atoms with Gasteiger partial charge < -0.3 is 11.1 Å². The molecular formula is C13H18ClFN2O. The quantitative estimate of drug-likeness (QED) is 0.866. The Morgan fingerprint density at radius 1 is 1.56 bits per heavy atom. The van der Waals surface area contributed by atoms with Crippen LogP contribution >= 0.6 is 11.6 Å². The highest BCUT2D eigenvalue weighted by Gasteiger charge is 2.25. The SMILES string of the molecule is CC(NCC(C)(C)C(N)=O)c1ccc(F)c(Cl)c1. The fourth-order valence-electron chi connectivity index (χ4n) is 1.39. The van der Waals surface area contributed by atoms with E-state index in [1.54, 1.807) is 26.0 Å². The first-order chi connectivity index (χ1) is 8.24. The van der Waals surface area contributed by atoms with Gasteiger partial charge in [-0.05, 0) is 38.5 Å². The molecule has 100 valence electrons. The second-order valence-corrected chi connectivity index (χ2v) is 5.43. The van der Waals surface area contributed by atoms with Gasteiger partial charge in [0.05, 0.1) is 10.4 Å². The third-order valence-corrected chi connectivity index (χ3v) is 3.25. The van der Waals surface area contributed by atoms with E-state index in [9.17, 15) is 9.18 Å². The van der Waals surface area contributed by atoms with Crippen LogP contribution in [0.25, 0.3) is 0 Å². The number of nitrogens with two attached hydrogens (primary N) is 1. The number of halogens is 2. The molecule has 1 amide bonds. The number of amides is 1. The van der Waals surface area contributed by atoms with Gasteiger partial charge in [0, 0.05) is 12.6 Å². The number of rotatable bonds is 5. The predicted octanol–water partition coefficient (Wildman–Crippen LogP) is 2.64. The third-order valence-electron chi connectivity index (χ3n) is 2.96. The molecule has 0 saturated heterocycles. The molecule has 1 aromatic carbocycles. The number of hydrogen-bond donors (Lipinski definition) is 2. The van der Waals surface area contributed by atoms with Gasteiger partial charge in [-0.1, -0.05) is 17.7 Å². The topological polar surface area (TPSA) is 55.1 Å². The van der Waals surface area contributed by atoms with Gasteiger partial charge in [0.2, 0.25) is 5.91 Å². The molecule has 0 aliphatic carbocycles. The van der Waals surface area contributed by atoms with Crippen molar-refractivity contribution in [3.63, 3.8) is 0 Å². The van der Waals surface area contributed by atoms with Crippen molar-refractivity contribution in [1.82, 2.24) is 5.32 Å². The summed E-state index contributed by atoms with van der Waals surface area (Å²) < 4.78 is 13.0. The lowest BCUT2D eigenvalue weighted by atomic mass is 9.92. The van der Waals surface area contributed by atoms with Crippen LogP contribution in [0.2, 0.25) is 5.02 Å². The van der Waals surface area contributed by atoms with E-state index in [0.29, 0.717) is 6.54 Å². The van der Waals surface area contributed by atoms with Crippen LogP contribution in [-0.2, 0) is 4.79 Å². The molecule has 0 heterocycles. The Bertz CT molecular complexity index is 449. The summed E-state index contributed by atoms with van der Waals surface area (Å²) in [6.07, 6.45) is 0. The second kappa shape index (κ2) is 5.67. The summed E-state index contributed by atoms with van der Waals surface area (Å²) in [5.74, 6) is -0.801. The lowest BCUT2D eigenvalue weighted by Crippen LogP contribution is -2.41. The van der Waals surface area contributed by atoms with Crippen molar-refractivity contribution in [2.75, 3.05) is 6.54 Å². The lowest BCUT2D eigenvalue weighted by Gasteiger charge is -2.24. The number of primary amides is 1. The summed E-state index contributed by atoms with van der Waals surface area (Å²) in [7, 11) is 0. The Hall–Kier alpha value is -1.13. The molecule has 3 nitrogen and oxygen atoms in total. The van der Waals surface area contributed by atoms with Crippen molar-refractivity contribution in [2.45, 2.75) is 26.8 Å². The number of carbonyl (C=O) groups is 1. The van der Waals surface area contributed by atoms with E-state index in [-0.39, 0.29) is 17.0 Å². The zero-order valence-electron chi connectivity index (χ0n) is 10.8. The summed E-state index contributed by atoms with van der Waals surface area (Å²) in [6, 6.07) is 4.53. The van der Waals surface area contributed by atoms with Crippen molar-refractivity contribution in [2.24, 2.45) is 11.1 Å². The molecule has 3 N–H and O–H groups in total. The first kappa shape index (κ1) is 14.9. The van der Waals surface area contributed by atoms with Gasteiger partial charge in [-0.2, -0.15) is 0 Å². The van der Waals surface area contributed by atoms with E-state index in [1.165, 1.54) is 6.07 Å². The summed E-state index contributed by atoms with van der Waals surface area (Å²) in [6.45, 7) is 5.90. The van der Waals surface area contributed by atoms with Crippen LogP contribution in [0.3, 0.4) is 0 Å². The van der Waals surface area contributed by atoms with Crippen LogP contribution < -0.4 is 11.1 Å². The molecule has 0 aliphatic heterocycles. The van der Waals surface area contributed by atoms with Gasteiger partial charge in [-0.25, -0.2) is 4.39 Å². The average Bonchev–Trinajstić information content (AvgIpc) is 2.29. The highest BCUT2D eigenvalue weighted by atomic mass is 35.5. The monoisotopic (exact) mass is 272 g/mol. The van der Waals surface area contributed by atoms with Crippen molar-refractivity contribution < 1.29 is 9.18 Å². The van der Waals surface area contributed by atoms with E-state index >= 15 is 0 Å². The first-order valence-corrected chi connectivity index (χ1v) is 6.10. The Labute approximate surface area is 112 Å². The second-order valence-electron chi connectivity index (χ2n) is 5.02. The molecular weight excluding hydrogens is 255 g/mol. The largest absolute Gasteiger partial charge is 0.369 e. The van der Waals surface area contributed by atoms with Crippen molar-refractivity contribution >= 4 is 17.5 Å². The van der Waals surface area contributed by atoms with Crippen LogP contribution in [0, 0.1) is 11.2 Å². The Morgan fingerprint density at radius 3 is 2.67 bits per heavy atom. The predicted molar refractivity (Wildman–Crippen MR) is 70.8 cm³/mol. The molecule has 0 aliphatic rings. The molecule has 0 bridgehead atoms. The normalized spacial score (nSPS) is 13.4. The fourth-order valence-corrected chi connectivity index (χ4v) is 1.58. The minimum Gasteiger partial charge on any atom is -0.369 e. The summed E-state index contributed by atoms with van der Waals surface area (Å²) in [4.78, 5) is 11.2. The van der Waals surface area contributed by atoms with E-state index in [4.69, 9.17) is 17.3 Å². The van der Waals surface area contributed by atoms with Gasteiger partial charge in [-0.15, -0.1) is 0 Å². The van der Waals surface area contributed by atoms with Crippen molar-refractivity contribution in [3.05, 3.63) is 34.6 Å². The van der Waals surface area contributed by atoms with E-state index in [2.05, 4.69) is 5.32 Å². The smallest absolute Gasteiger partial charge is 0.224 e. The standard InChI is InChI=1S/C13H18ClFN2O/c1-8(17-7-13(2,3)12(16)18)9-4-5-11(15)10(14)6-9/h4-6,8,17H,7H2,1-3H3,(H2,16,18). The van der Waals surface area contributed by atoms with Gasteiger partial charge in [-0.3, -0.25) is 4.79 Å². The maximum atomic E-state index is 13.0. The molecule has 5 heteroatoms. The number of hydrogen-bond acceptors (Lipinski definition) is 2. The van der Waals surface area contributed by atoms with Crippen LogP contribution in [0.4, 0.5) is 4.39 Å². The minimum atomic E-state index is -0.627. The van der Waals surface area contributed by atoms with E-state index in [0.717, 1.165) is 5.56 Å². The molecule has 1 rings (SSSR count). The third kappa shape index (κ3) is 3.68. The molecule has 18 heavy (non-hydrogen) atoms.